The van der Waals surface area contributed by atoms with Gasteiger partial charge in [0.15, 0.2) is 0 Å². The highest BCUT2D eigenvalue weighted by Gasteiger charge is 2.19. The maximum Gasteiger partial charge on any atom is 0.320 e. The van der Waals surface area contributed by atoms with Crippen LogP contribution in [0.4, 0.5) is 0 Å². The molecule has 0 saturated carbocycles. The van der Waals surface area contributed by atoms with Crippen molar-refractivity contribution in [3.05, 3.63) is 17.8 Å². The first-order chi connectivity index (χ1) is 7.30. The second-order valence-electron chi connectivity index (χ2n) is 4.81. The number of carboxylic acid groups (broad SMARTS) is 1. The lowest BCUT2D eigenvalue weighted by Crippen LogP contribution is -2.33. The maximum atomic E-state index is 10.6. The Kier molecular flexibility index (Phi) is 3.70. The van der Waals surface area contributed by atoms with Crippen molar-refractivity contribution in [3.8, 4) is 0 Å². The topological polar surface area (TPSA) is 75.4 Å². The summed E-state index contributed by atoms with van der Waals surface area (Å²) in [5, 5.41) is 11.5. The number of aromatic nitrogens is 1. The van der Waals surface area contributed by atoms with E-state index >= 15 is 0 Å². The van der Waals surface area contributed by atoms with Crippen molar-refractivity contribution in [1.29, 1.82) is 0 Å². The summed E-state index contributed by atoms with van der Waals surface area (Å²) in [6, 6.07) is -0.606. The van der Waals surface area contributed by atoms with Gasteiger partial charge in [-0.3, -0.25) is 10.1 Å². The SMILES string of the molecule is C[C@H](NCc1ncc(C(C)(C)C)o1)C(=O)O. The Morgan fingerprint density at radius 2 is 2.25 bits per heavy atom. The minimum Gasteiger partial charge on any atom is -0.480 e. The summed E-state index contributed by atoms with van der Waals surface area (Å²) in [6.07, 6.45) is 1.68. The number of carboxylic acids is 1. The molecule has 0 aliphatic rings. The molecule has 5 heteroatoms. The zero-order chi connectivity index (χ0) is 12.3. The first kappa shape index (κ1) is 12.7. The second kappa shape index (κ2) is 4.65. The minimum absolute atomic E-state index is 0.0797. The molecule has 0 bridgehead atoms. The largest absolute Gasteiger partial charge is 0.480 e. The number of nitrogens with zero attached hydrogens (tertiary/aromatic N) is 1. The number of rotatable bonds is 4. The highest BCUT2D eigenvalue weighted by molar-refractivity contribution is 5.72. The minimum atomic E-state index is -0.886. The smallest absolute Gasteiger partial charge is 0.320 e. The summed E-state index contributed by atoms with van der Waals surface area (Å²) < 4.78 is 5.51. The third kappa shape index (κ3) is 3.34. The van der Waals surface area contributed by atoms with E-state index in [0.717, 1.165) is 5.76 Å². The third-order valence-corrected chi connectivity index (χ3v) is 2.22. The van der Waals surface area contributed by atoms with Gasteiger partial charge in [0.2, 0.25) is 5.89 Å². The Morgan fingerprint density at radius 3 is 2.69 bits per heavy atom. The predicted molar refractivity (Wildman–Crippen MR) is 59.1 cm³/mol. The van der Waals surface area contributed by atoms with E-state index in [1.807, 2.05) is 20.8 Å². The van der Waals surface area contributed by atoms with Crippen LogP contribution in [0.15, 0.2) is 10.6 Å². The van der Waals surface area contributed by atoms with Gasteiger partial charge in [-0.2, -0.15) is 0 Å². The highest BCUT2D eigenvalue weighted by Crippen LogP contribution is 2.22. The molecule has 0 spiro atoms. The number of hydrogen-bond acceptors (Lipinski definition) is 4. The monoisotopic (exact) mass is 226 g/mol. The number of hydrogen-bond donors (Lipinski definition) is 2. The molecule has 0 aliphatic heterocycles. The summed E-state index contributed by atoms with van der Waals surface area (Å²) in [7, 11) is 0. The Labute approximate surface area is 94.9 Å². The molecule has 1 heterocycles. The fraction of sp³-hybridized carbons (Fsp3) is 0.636. The van der Waals surface area contributed by atoms with Crippen LogP contribution in [0, 0.1) is 0 Å². The van der Waals surface area contributed by atoms with Gasteiger partial charge in [0.1, 0.15) is 11.8 Å². The molecule has 0 amide bonds. The molecule has 0 unspecified atom stereocenters. The van der Waals surface area contributed by atoms with Crippen molar-refractivity contribution in [2.75, 3.05) is 0 Å². The summed E-state index contributed by atoms with van der Waals surface area (Å²) in [6.45, 7) is 8.00. The Balaban J connectivity index is 2.57. The maximum absolute atomic E-state index is 10.6. The molecule has 16 heavy (non-hydrogen) atoms. The second-order valence-corrected chi connectivity index (χ2v) is 4.81. The van der Waals surface area contributed by atoms with E-state index in [1.54, 1.807) is 13.1 Å². The molecule has 2 N–H and O–H groups in total. The first-order valence-electron chi connectivity index (χ1n) is 5.22. The molecule has 0 radical (unpaired) electrons. The predicted octanol–water partition coefficient (Wildman–Crippen LogP) is 1.53. The molecule has 0 fully saturated rings. The van der Waals surface area contributed by atoms with Gasteiger partial charge in [0.05, 0.1) is 12.7 Å². The zero-order valence-corrected chi connectivity index (χ0v) is 10.1. The van der Waals surface area contributed by atoms with Crippen molar-refractivity contribution in [3.63, 3.8) is 0 Å². The zero-order valence-electron chi connectivity index (χ0n) is 10.1. The standard InChI is InChI=1S/C11H18N2O3/c1-7(10(14)15)12-6-9-13-5-8(16-9)11(2,3)4/h5,7,12H,6H2,1-4H3,(H,14,15)/t7-/m0/s1. The normalized spacial score (nSPS) is 13.8. The van der Waals surface area contributed by atoms with Crippen LogP contribution in [0.1, 0.15) is 39.3 Å². The van der Waals surface area contributed by atoms with Crippen molar-refractivity contribution in [2.24, 2.45) is 0 Å². The molecule has 1 aromatic heterocycles. The molecular weight excluding hydrogens is 208 g/mol. The van der Waals surface area contributed by atoms with Gasteiger partial charge < -0.3 is 9.52 Å². The Bertz CT molecular complexity index is 366. The van der Waals surface area contributed by atoms with E-state index in [2.05, 4.69) is 10.3 Å². The van der Waals surface area contributed by atoms with Crippen LogP contribution in [-0.4, -0.2) is 22.1 Å². The van der Waals surface area contributed by atoms with Gasteiger partial charge in [-0.1, -0.05) is 20.8 Å². The van der Waals surface area contributed by atoms with Gasteiger partial charge in [-0.15, -0.1) is 0 Å². The first-order valence-corrected chi connectivity index (χ1v) is 5.22. The molecule has 1 aromatic rings. The molecular formula is C11H18N2O3. The lowest BCUT2D eigenvalue weighted by atomic mass is 9.94. The van der Waals surface area contributed by atoms with Crippen LogP contribution in [0.2, 0.25) is 0 Å². The lowest BCUT2D eigenvalue weighted by Gasteiger charge is -2.13. The number of carbonyl (C=O) groups is 1. The van der Waals surface area contributed by atoms with Gasteiger partial charge >= 0.3 is 5.97 Å². The van der Waals surface area contributed by atoms with Gasteiger partial charge in [0.25, 0.3) is 0 Å². The fourth-order valence-corrected chi connectivity index (χ4v) is 1.07. The van der Waals surface area contributed by atoms with Gasteiger partial charge in [-0.25, -0.2) is 4.98 Å². The summed E-state index contributed by atoms with van der Waals surface area (Å²) in [4.78, 5) is 14.7. The molecule has 1 rings (SSSR count). The van der Waals surface area contributed by atoms with Gasteiger partial charge in [0, 0.05) is 5.41 Å². The molecule has 0 saturated heterocycles. The van der Waals surface area contributed by atoms with Crippen LogP contribution < -0.4 is 5.32 Å². The van der Waals surface area contributed by atoms with E-state index in [4.69, 9.17) is 9.52 Å². The Morgan fingerprint density at radius 1 is 1.62 bits per heavy atom. The third-order valence-electron chi connectivity index (χ3n) is 2.22. The van der Waals surface area contributed by atoms with Gasteiger partial charge in [-0.05, 0) is 6.92 Å². The van der Waals surface area contributed by atoms with E-state index in [-0.39, 0.29) is 5.41 Å². The van der Waals surface area contributed by atoms with Crippen molar-refractivity contribution < 1.29 is 14.3 Å². The fourth-order valence-electron chi connectivity index (χ4n) is 1.07. The lowest BCUT2D eigenvalue weighted by molar-refractivity contribution is -0.139. The van der Waals surface area contributed by atoms with E-state index < -0.39 is 12.0 Å². The van der Waals surface area contributed by atoms with Crippen molar-refractivity contribution in [1.82, 2.24) is 10.3 Å². The van der Waals surface area contributed by atoms with Crippen LogP contribution in [0.3, 0.4) is 0 Å². The number of oxazole rings is 1. The summed E-state index contributed by atoms with van der Waals surface area (Å²) >= 11 is 0. The van der Waals surface area contributed by atoms with Crippen molar-refractivity contribution >= 4 is 5.97 Å². The molecule has 0 aromatic carbocycles. The molecule has 5 nitrogen and oxygen atoms in total. The summed E-state index contributed by atoms with van der Waals surface area (Å²) in [5.41, 5.74) is -0.0797. The van der Waals surface area contributed by atoms with Crippen LogP contribution in [-0.2, 0) is 16.8 Å². The molecule has 1 atom stereocenters. The van der Waals surface area contributed by atoms with E-state index in [0.29, 0.717) is 12.4 Å². The quantitative estimate of drug-likeness (QED) is 0.814. The van der Waals surface area contributed by atoms with E-state index in [9.17, 15) is 4.79 Å². The number of nitrogens with one attached hydrogen (secondary N) is 1. The average molecular weight is 226 g/mol. The molecule has 0 aliphatic carbocycles. The summed E-state index contributed by atoms with van der Waals surface area (Å²) in [5.74, 6) is 0.424. The average Bonchev–Trinajstić information content (AvgIpc) is 2.61. The van der Waals surface area contributed by atoms with Crippen LogP contribution >= 0.6 is 0 Å². The van der Waals surface area contributed by atoms with Crippen LogP contribution in [0.25, 0.3) is 0 Å². The van der Waals surface area contributed by atoms with Crippen molar-refractivity contribution in [2.45, 2.75) is 45.7 Å². The Hall–Kier alpha value is -1.36. The van der Waals surface area contributed by atoms with Crippen LogP contribution in [0.5, 0.6) is 0 Å². The van der Waals surface area contributed by atoms with E-state index in [1.165, 1.54) is 0 Å². The highest BCUT2D eigenvalue weighted by atomic mass is 16.4. The number of aliphatic carboxylic acids is 1. The molecule has 90 valence electrons.